The molecule has 4 rings (SSSR count). The number of aromatic nitrogens is 3. The predicted molar refractivity (Wildman–Crippen MR) is 140 cm³/mol. The van der Waals surface area contributed by atoms with E-state index in [1.165, 1.54) is 5.56 Å². The highest BCUT2D eigenvalue weighted by Gasteiger charge is 2.11. The number of hydrogen-bond donors (Lipinski definition) is 1. The van der Waals surface area contributed by atoms with Crippen LogP contribution in [0.3, 0.4) is 0 Å². The molecule has 0 saturated carbocycles. The van der Waals surface area contributed by atoms with E-state index in [0.29, 0.717) is 18.7 Å². The standard InChI is InChI=1S/C29H32N4O2/c1-2-11-23-12-3-6-16-27(23)35-21-8-7-20-33-26-15-5-4-14-25(26)32-28(33)17-10-19-31-29(34)24-13-9-18-30-22-24/h2-6,9,12-16,18,22H,1,7-8,10-11,17,19-21H2,(H,31,34). The van der Waals surface area contributed by atoms with Crippen molar-refractivity contribution in [3.63, 3.8) is 0 Å². The predicted octanol–water partition coefficient (Wildman–Crippen LogP) is 5.38. The number of amides is 1. The smallest absolute Gasteiger partial charge is 0.252 e. The maximum atomic E-state index is 12.2. The van der Waals surface area contributed by atoms with E-state index in [-0.39, 0.29) is 5.91 Å². The zero-order chi connectivity index (χ0) is 24.3. The minimum atomic E-state index is -0.0960. The van der Waals surface area contributed by atoms with E-state index in [4.69, 9.17) is 9.72 Å². The van der Waals surface area contributed by atoms with E-state index in [0.717, 1.165) is 61.3 Å². The molecular weight excluding hydrogens is 436 g/mol. The van der Waals surface area contributed by atoms with Gasteiger partial charge >= 0.3 is 0 Å². The number of hydrogen-bond acceptors (Lipinski definition) is 4. The van der Waals surface area contributed by atoms with E-state index in [1.54, 1.807) is 24.5 Å². The topological polar surface area (TPSA) is 69.0 Å². The average Bonchev–Trinajstić information content (AvgIpc) is 3.25. The number of carbonyl (C=O) groups is 1. The van der Waals surface area contributed by atoms with Crippen molar-refractivity contribution in [1.82, 2.24) is 19.9 Å². The molecular formula is C29H32N4O2. The lowest BCUT2D eigenvalue weighted by Crippen LogP contribution is -2.25. The molecule has 35 heavy (non-hydrogen) atoms. The molecule has 0 fully saturated rings. The molecule has 2 heterocycles. The molecule has 2 aromatic heterocycles. The monoisotopic (exact) mass is 468 g/mol. The lowest BCUT2D eigenvalue weighted by atomic mass is 10.1. The first-order valence-corrected chi connectivity index (χ1v) is 12.2. The Balaban J connectivity index is 1.29. The van der Waals surface area contributed by atoms with Gasteiger partial charge in [0.15, 0.2) is 0 Å². The summed E-state index contributed by atoms with van der Waals surface area (Å²) in [5.41, 5.74) is 3.91. The van der Waals surface area contributed by atoms with E-state index in [1.807, 2.05) is 30.3 Å². The maximum Gasteiger partial charge on any atom is 0.252 e. The molecule has 0 radical (unpaired) electrons. The molecule has 6 nitrogen and oxygen atoms in total. The molecule has 0 saturated heterocycles. The molecule has 1 amide bonds. The molecule has 0 atom stereocenters. The third-order valence-corrected chi connectivity index (χ3v) is 5.89. The molecule has 4 aromatic rings. The van der Waals surface area contributed by atoms with E-state index in [9.17, 15) is 4.79 Å². The molecule has 180 valence electrons. The highest BCUT2D eigenvalue weighted by atomic mass is 16.5. The molecule has 0 unspecified atom stereocenters. The van der Waals surface area contributed by atoms with Gasteiger partial charge in [-0.2, -0.15) is 0 Å². The summed E-state index contributed by atoms with van der Waals surface area (Å²) in [6.07, 6.45) is 9.52. The van der Waals surface area contributed by atoms with Gasteiger partial charge in [-0.3, -0.25) is 9.78 Å². The molecule has 0 bridgehead atoms. The molecule has 0 aliphatic rings. The number of nitrogens with zero attached hydrogens (tertiary/aromatic N) is 3. The van der Waals surface area contributed by atoms with Crippen molar-refractivity contribution >= 4 is 16.9 Å². The molecule has 0 spiro atoms. The zero-order valence-electron chi connectivity index (χ0n) is 20.0. The highest BCUT2D eigenvalue weighted by molar-refractivity contribution is 5.93. The van der Waals surface area contributed by atoms with Crippen LogP contribution in [-0.4, -0.2) is 33.6 Å². The number of benzene rings is 2. The number of unbranched alkanes of at least 4 members (excludes halogenated alkanes) is 1. The van der Waals surface area contributed by atoms with Crippen molar-refractivity contribution in [2.24, 2.45) is 0 Å². The van der Waals surface area contributed by atoms with Gasteiger partial charge in [0.1, 0.15) is 11.6 Å². The van der Waals surface area contributed by atoms with Crippen molar-refractivity contribution < 1.29 is 9.53 Å². The first-order valence-electron chi connectivity index (χ1n) is 12.2. The Morgan fingerprint density at radius 2 is 1.89 bits per heavy atom. The molecule has 6 heteroatoms. The summed E-state index contributed by atoms with van der Waals surface area (Å²) >= 11 is 0. The van der Waals surface area contributed by atoms with Crippen LogP contribution in [0.2, 0.25) is 0 Å². The lowest BCUT2D eigenvalue weighted by molar-refractivity contribution is 0.0952. The minimum Gasteiger partial charge on any atom is -0.493 e. The summed E-state index contributed by atoms with van der Waals surface area (Å²) in [6, 6.07) is 19.9. The molecule has 0 aliphatic carbocycles. The van der Waals surface area contributed by atoms with E-state index >= 15 is 0 Å². The highest BCUT2D eigenvalue weighted by Crippen LogP contribution is 2.20. The number of imidazole rings is 1. The number of ether oxygens (including phenoxy) is 1. The second-order valence-electron chi connectivity index (χ2n) is 8.43. The Kier molecular flexibility index (Phi) is 8.65. The first kappa shape index (κ1) is 24.2. The fourth-order valence-electron chi connectivity index (χ4n) is 4.14. The number of carbonyl (C=O) groups excluding carboxylic acids is 1. The Labute approximate surface area is 206 Å². The number of para-hydroxylation sites is 3. The van der Waals surface area contributed by atoms with Gasteiger partial charge in [0.2, 0.25) is 0 Å². The second kappa shape index (κ2) is 12.5. The summed E-state index contributed by atoms with van der Waals surface area (Å²) in [5.74, 6) is 1.90. The third-order valence-electron chi connectivity index (χ3n) is 5.89. The van der Waals surface area contributed by atoms with E-state index < -0.39 is 0 Å². The van der Waals surface area contributed by atoms with Gasteiger partial charge in [0.25, 0.3) is 5.91 Å². The third kappa shape index (κ3) is 6.57. The van der Waals surface area contributed by atoms with Gasteiger partial charge < -0.3 is 14.6 Å². The molecule has 1 N–H and O–H groups in total. The zero-order valence-corrected chi connectivity index (χ0v) is 20.0. The number of aryl methyl sites for hydroxylation is 2. The molecule has 2 aromatic carbocycles. The van der Waals surface area contributed by atoms with Crippen molar-refractivity contribution in [1.29, 1.82) is 0 Å². The van der Waals surface area contributed by atoms with Crippen LogP contribution < -0.4 is 10.1 Å². The van der Waals surface area contributed by atoms with Crippen LogP contribution in [0, 0.1) is 0 Å². The van der Waals surface area contributed by atoms with Gasteiger partial charge in [0, 0.05) is 31.9 Å². The van der Waals surface area contributed by atoms with Crippen LogP contribution in [0.15, 0.2) is 85.7 Å². The van der Waals surface area contributed by atoms with E-state index in [2.05, 4.69) is 45.7 Å². The Bertz CT molecular complexity index is 1250. The van der Waals surface area contributed by atoms with Gasteiger partial charge in [-0.05, 0) is 61.6 Å². The lowest BCUT2D eigenvalue weighted by Gasteiger charge is -2.12. The van der Waals surface area contributed by atoms with Crippen LogP contribution in [0.1, 0.15) is 41.0 Å². The van der Waals surface area contributed by atoms with Crippen molar-refractivity contribution in [3.8, 4) is 5.75 Å². The Hall–Kier alpha value is -3.93. The number of fused-ring (bicyclic) bond motifs is 1. The Morgan fingerprint density at radius 1 is 1.03 bits per heavy atom. The average molecular weight is 469 g/mol. The quantitative estimate of drug-likeness (QED) is 0.211. The fourth-order valence-corrected chi connectivity index (χ4v) is 4.14. The summed E-state index contributed by atoms with van der Waals surface area (Å²) in [4.78, 5) is 21.1. The van der Waals surface area contributed by atoms with Gasteiger partial charge in [-0.15, -0.1) is 6.58 Å². The summed E-state index contributed by atoms with van der Waals surface area (Å²) < 4.78 is 8.36. The number of pyridine rings is 1. The minimum absolute atomic E-state index is 0.0960. The first-order chi connectivity index (χ1) is 17.3. The SMILES string of the molecule is C=CCc1ccccc1OCCCCn1c(CCCNC(=O)c2cccnc2)nc2ccccc21. The number of nitrogens with one attached hydrogen (secondary N) is 1. The molecule has 0 aliphatic heterocycles. The van der Waals surface area contributed by atoms with Gasteiger partial charge in [-0.25, -0.2) is 4.98 Å². The van der Waals surface area contributed by atoms with Crippen LogP contribution in [-0.2, 0) is 19.4 Å². The fraction of sp³-hybridized carbons (Fsp3) is 0.276. The van der Waals surface area contributed by atoms with Crippen LogP contribution in [0.25, 0.3) is 11.0 Å². The normalized spacial score (nSPS) is 10.9. The number of allylic oxidation sites excluding steroid dienone is 1. The van der Waals surface area contributed by atoms with Crippen molar-refractivity contribution in [3.05, 3.63) is 103 Å². The van der Waals surface area contributed by atoms with Crippen molar-refractivity contribution in [2.45, 2.75) is 38.6 Å². The van der Waals surface area contributed by atoms with Gasteiger partial charge in [-0.1, -0.05) is 36.4 Å². The summed E-state index contributed by atoms with van der Waals surface area (Å²) in [7, 11) is 0. The van der Waals surface area contributed by atoms with Crippen LogP contribution >= 0.6 is 0 Å². The van der Waals surface area contributed by atoms with Crippen LogP contribution in [0.4, 0.5) is 0 Å². The summed E-state index contributed by atoms with van der Waals surface area (Å²) in [6.45, 7) is 5.98. The summed E-state index contributed by atoms with van der Waals surface area (Å²) in [5, 5.41) is 2.97. The largest absolute Gasteiger partial charge is 0.493 e. The maximum absolute atomic E-state index is 12.2. The van der Waals surface area contributed by atoms with Crippen LogP contribution in [0.5, 0.6) is 5.75 Å². The number of rotatable bonds is 13. The van der Waals surface area contributed by atoms with Gasteiger partial charge in [0.05, 0.1) is 23.2 Å². The Morgan fingerprint density at radius 3 is 2.74 bits per heavy atom. The second-order valence-corrected chi connectivity index (χ2v) is 8.43. The van der Waals surface area contributed by atoms with Crippen molar-refractivity contribution in [2.75, 3.05) is 13.2 Å².